The van der Waals surface area contributed by atoms with Gasteiger partial charge in [-0.2, -0.15) is 0 Å². The first-order valence-corrected chi connectivity index (χ1v) is 5.11. The van der Waals surface area contributed by atoms with Gasteiger partial charge < -0.3 is 20.7 Å². The molecule has 0 bridgehead atoms. The van der Waals surface area contributed by atoms with E-state index in [1.54, 1.807) is 5.38 Å². The summed E-state index contributed by atoms with van der Waals surface area (Å²) in [5.74, 6) is -0.542. The van der Waals surface area contributed by atoms with Crippen LogP contribution >= 0.6 is 11.3 Å². The van der Waals surface area contributed by atoms with Crippen LogP contribution in [0.15, 0.2) is 10.5 Å². The molecule has 1 rings (SSSR count). The Labute approximate surface area is 95.3 Å². The minimum Gasteiger partial charge on any atom is -0.398 e. The molecule has 0 aliphatic heterocycles. The van der Waals surface area contributed by atoms with Crippen LogP contribution in [0.25, 0.3) is 0 Å². The van der Waals surface area contributed by atoms with Crippen molar-refractivity contribution in [1.82, 2.24) is 10.3 Å². The van der Waals surface area contributed by atoms with Gasteiger partial charge in [-0.25, -0.2) is 4.98 Å². The molecule has 16 heavy (non-hydrogen) atoms. The molecule has 0 saturated heterocycles. The minimum absolute atomic E-state index is 0.0164. The van der Waals surface area contributed by atoms with Crippen molar-refractivity contribution in [3.05, 3.63) is 11.1 Å². The van der Waals surface area contributed by atoms with Crippen molar-refractivity contribution in [2.24, 2.45) is 5.16 Å². The van der Waals surface area contributed by atoms with Crippen LogP contribution < -0.4 is 11.1 Å². The summed E-state index contributed by atoms with van der Waals surface area (Å²) in [7, 11) is 1.31. The molecule has 1 amide bonds. The number of carbonyl (C=O) groups excluding carboxylic acids is 2. The number of rotatable bonds is 5. The number of thiazole rings is 1. The van der Waals surface area contributed by atoms with Gasteiger partial charge in [0.05, 0.1) is 6.54 Å². The highest BCUT2D eigenvalue weighted by Gasteiger charge is 2.17. The summed E-state index contributed by atoms with van der Waals surface area (Å²) in [6, 6.07) is 0. The van der Waals surface area contributed by atoms with Gasteiger partial charge in [-0.3, -0.25) is 4.79 Å². The fourth-order valence-electron chi connectivity index (χ4n) is 0.910. The predicted octanol–water partition coefficient (Wildman–Crippen LogP) is -0.609. The lowest BCUT2D eigenvalue weighted by atomic mass is 10.3. The van der Waals surface area contributed by atoms with E-state index in [0.29, 0.717) is 17.1 Å². The number of nitrogens with two attached hydrogens (primary N) is 1. The molecule has 1 aromatic rings. The average molecular weight is 242 g/mol. The average Bonchev–Trinajstić information content (AvgIpc) is 2.69. The molecule has 0 spiro atoms. The number of nitrogen functional groups attached to an aromatic ring is 1. The van der Waals surface area contributed by atoms with E-state index in [4.69, 9.17) is 5.73 Å². The van der Waals surface area contributed by atoms with Crippen molar-refractivity contribution >= 4 is 34.4 Å². The number of aldehydes is 1. The number of aromatic nitrogens is 1. The second kappa shape index (κ2) is 5.81. The van der Waals surface area contributed by atoms with Crippen LogP contribution in [0.3, 0.4) is 0 Å². The van der Waals surface area contributed by atoms with Crippen molar-refractivity contribution in [2.45, 2.75) is 0 Å². The quantitative estimate of drug-likeness (QED) is 0.407. The van der Waals surface area contributed by atoms with Gasteiger partial charge in [0.2, 0.25) is 0 Å². The van der Waals surface area contributed by atoms with Crippen molar-refractivity contribution in [2.75, 3.05) is 19.4 Å². The molecule has 1 heterocycles. The van der Waals surface area contributed by atoms with Crippen LogP contribution in [0, 0.1) is 0 Å². The number of hydrogen-bond donors (Lipinski definition) is 2. The molecule has 0 atom stereocenters. The van der Waals surface area contributed by atoms with E-state index < -0.39 is 5.91 Å². The molecule has 0 aliphatic rings. The minimum atomic E-state index is -0.542. The van der Waals surface area contributed by atoms with Gasteiger partial charge >= 0.3 is 0 Å². The number of nitrogens with one attached hydrogen (secondary N) is 1. The van der Waals surface area contributed by atoms with E-state index in [-0.39, 0.29) is 12.3 Å². The number of carbonyl (C=O) groups is 2. The lowest BCUT2D eigenvalue weighted by Crippen LogP contribution is -2.33. The Morgan fingerprint density at radius 3 is 3.06 bits per heavy atom. The molecule has 8 heteroatoms. The third-order valence-corrected chi connectivity index (χ3v) is 2.18. The summed E-state index contributed by atoms with van der Waals surface area (Å²) < 4.78 is 0. The molecule has 86 valence electrons. The zero-order chi connectivity index (χ0) is 12.0. The Kier molecular flexibility index (Phi) is 4.40. The number of hydrogen-bond acceptors (Lipinski definition) is 7. The molecule has 7 nitrogen and oxygen atoms in total. The lowest BCUT2D eigenvalue weighted by Gasteiger charge is -2.01. The van der Waals surface area contributed by atoms with Crippen LogP contribution in [0.1, 0.15) is 5.69 Å². The van der Waals surface area contributed by atoms with E-state index in [0.717, 1.165) is 0 Å². The highest BCUT2D eigenvalue weighted by molar-refractivity contribution is 7.13. The Morgan fingerprint density at radius 1 is 1.81 bits per heavy atom. The van der Waals surface area contributed by atoms with E-state index in [1.165, 1.54) is 18.4 Å². The third kappa shape index (κ3) is 3.02. The first-order valence-electron chi connectivity index (χ1n) is 4.23. The summed E-state index contributed by atoms with van der Waals surface area (Å²) in [5.41, 5.74) is 5.73. The normalized spacial score (nSPS) is 10.9. The van der Waals surface area contributed by atoms with E-state index in [9.17, 15) is 9.59 Å². The largest absolute Gasteiger partial charge is 0.398 e. The summed E-state index contributed by atoms with van der Waals surface area (Å²) in [6.45, 7) is -0.0960. The highest BCUT2D eigenvalue weighted by Crippen LogP contribution is 2.12. The van der Waals surface area contributed by atoms with Gasteiger partial charge in [-0.1, -0.05) is 5.16 Å². The monoisotopic (exact) mass is 242 g/mol. The fourth-order valence-corrected chi connectivity index (χ4v) is 1.46. The molecule has 0 aliphatic carbocycles. The standard InChI is InChI=1S/C8H10N4O3S/c1-15-12-6(7(14)10-2-3-13)5-4-16-8(9)11-5/h3-4H,2H2,1H3,(H2,9,11)(H,10,14). The maximum absolute atomic E-state index is 11.5. The van der Waals surface area contributed by atoms with Gasteiger partial charge in [0.25, 0.3) is 5.91 Å². The van der Waals surface area contributed by atoms with Crippen molar-refractivity contribution < 1.29 is 14.4 Å². The fraction of sp³-hybridized carbons (Fsp3) is 0.250. The maximum Gasteiger partial charge on any atom is 0.275 e. The molecule has 0 aromatic carbocycles. The molecule has 0 fully saturated rings. The summed E-state index contributed by atoms with van der Waals surface area (Å²) in [5, 5.41) is 7.77. The first kappa shape index (κ1) is 12.1. The Bertz CT molecular complexity index is 415. The third-order valence-electron chi connectivity index (χ3n) is 1.51. The van der Waals surface area contributed by atoms with Crippen molar-refractivity contribution in [3.8, 4) is 0 Å². The summed E-state index contributed by atoms with van der Waals surface area (Å²) in [6.07, 6.45) is 0.567. The van der Waals surface area contributed by atoms with Crippen LogP contribution in [0.4, 0.5) is 5.13 Å². The van der Waals surface area contributed by atoms with Gasteiger partial charge in [0.1, 0.15) is 19.1 Å². The second-order valence-electron chi connectivity index (χ2n) is 2.57. The lowest BCUT2D eigenvalue weighted by molar-refractivity contribution is -0.117. The van der Waals surface area contributed by atoms with E-state index >= 15 is 0 Å². The van der Waals surface area contributed by atoms with Crippen molar-refractivity contribution in [3.63, 3.8) is 0 Å². The van der Waals surface area contributed by atoms with Gasteiger partial charge in [0.15, 0.2) is 10.8 Å². The Hall–Kier alpha value is -1.96. The van der Waals surface area contributed by atoms with E-state index in [2.05, 4.69) is 20.3 Å². The first-order chi connectivity index (χ1) is 7.69. The van der Waals surface area contributed by atoms with Crippen LogP contribution in [-0.2, 0) is 14.4 Å². The van der Waals surface area contributed by atoms with E-state index in [1.807, 2.05) is 0 Å². The predicted molar refractivity (Wildman–Crippen MR) is 59.1 cm³/mol. The summed E-state index contributed by atoms with van der Waals surface area (Å²) >= 11 is 1.18. The van der Waals surface area contributed by atoms with Gasteiger partial charge in [-0.05, 0) is 0 Å². The molecule has 3 N–H and O–H groups in total. The summed E-state index contributed by atoms with van der Waals surface area (Å²) in [4.78, 5) is 30.1. The molecule has 0 unspecified atom stereocenters. The van der Waals surface area contributed by atoms with Crippen molar-refractivity contribution in [1.29, 1.82) is 0 Å². The number of oxime groups is 1. The number of nitrogens with zero attached hydrogens (tertiary/aromatic N) is 2. The Morgan fingerprint density at radius 2 is 2.56 bits per heavy atom. The maximum atomic E-state index is 11.5. The number of amides is 1. The Balaban J connectivity index is 2.87. The second-order valence-corrected chi connectivity index (χ2v) is 3.46. The topological polar surface area (TPSA) is 107 Å². The zero-order valence-corrected chi connectivity index (χ0v) is 9.28. The molecule has 0 saturated carbocycles. The smallest absolute Gasteiger partial charge is 0.275 e. The van der Waals surface area contributed by atoms with Gasteiger partial charge in [-0.15, -0.1) is 11.3 Å². The molecular weight excluding hydrogens is 232 g/mol. The van der Waals surface area contributed by atoms with Crippen LogP contribution in [-0.4, -0.2) is 36.5 Å². The number of anilines is 1. The molecular formula is C8H10N4O3S. The SMILES string of the molecule is CON=C(C(=O)NCC=O)c1csc(N)n1. The molecule has 0 radical (unpaired) electrons. The zero-order valence-electron chi connectivity index (χ0n) is 8.47. The van der Waals surface area contributed by atoms with Crippen LogP contribution in [0.2, 0.25) is 0 Å². The van der Waals surface area contributed by atoms with Crippen LogP contribution in [0.5, 0.6) is 0 Å². The van der Waals surface area contributed by atoms with Gasteiger partial charge in [0, 0.05) is 5.38 Å². The highest BCUT2D eigenvalue weighted by atomic mass is 32.1. The molecule has 1 aromatic heterocycles.